The molecule has 0 aromatic carbocycles. The average Bonchev–Trinajstić information content (AvgIpc) is 2.61. The molecule has 15 heavy (non-hydrogen) atoms. The van der Waals surface area contributed by atoms with Crippen molar-refractivity contribution < 1.29 is 14.7 Å². The summed E-state index contributed by atoms with van der Waals surface area (Å²) >= 11 is 0. The van der Waals surface area contributed by atoms with E-state index in [4.69, 9.17) is 10.8 Å². The molecule has 1 heterocycles. The van der Waals surface area contributed by atoms with Crippen molar-refractivity contribution in [2.75, 3.05) is 26.7 Å². The van der Waals surface area contributed by atoms with Gasteiger partial charge in [0.25, 0.3) is 0 Å². The number of carbonyl (C=O) groups excluding carboxylic acids is 1. The summed E-state index contributed by atoms with van der Waals surface area (Å²) in [6, 6.07) is -0.274. The van der Waals surface area contributed by atoms with E-state index < -0.39 is 11.9 Å². The quantitative estimate of drug-likeness (QED) is 0.528. The summed E-state index contributed by atoms with van der Waals surface area (Å²) < 4.78 is 0. The third-order valence-electron chi connectivity index (χ3n) is 2.77. The van der Waals surface area contributed by atoms with Crippen LogP contribution in [0.15, 0.2) is 0 Å². The lowest BCUT2D eigenvalue weighted by Gasteiger charge is -2.26. The molecular formula is C9H17N3O3. The number of hydrogen-bond acceptors (Lipinski definition) is 4. The molecule has 1 amide bonds. The van der Waals surface area contributed by atoms with Crippen LogP contribution in [-0.2, 0) is 9.59 Å². The Morgan fingerprint density at radius 2 is 2.27 bits per heavy atom. The average molecular weight is 215 g/mol. The van der Waals surface area contributed by atoms with E-state index in [2.05, 4.69) is 5.32 Å². The molecule has 0 aromatic rings. The Labute approximate surface area is 88.4 Å². The molecular weight excluding hydrogens is 198 g/mol. The van der Waals surface area contributed by atoms with Crippen molar-refractivity contribution in [3.05, 3.63) is 0 Å². The van der Waals surface area contributed by atoms with Gasteiger partial charge in [0.05, 0.1) is 18.5 Å². The lowest BCUT2D eigenvalue weighted by molar-refractivity contribution is -0.143. The van der Waals surface area contributed by atoms with Crippen LogP contribution in [0.1, 0.15) is 6.42 Å². The molecule has 2 atom stereocenters. The highest BCUT2D eigenvalue weighted by Gasteiger charge is 2.39. The van der Waals surface area contributed by atoms with Crippen molar-refractivity contribution in [3.63, 3.8) is 0 Å². The van der Waals surface area contributed by atoms with E-state index in [1.807, 2.05) is 0 Å². The van der Waals surface area contributed by atoms with Gasteiger partial charge in [-0.25, -0.2) is 0 Å². The minimum atomic E-state index is -0.845. The van der Waals surface area contributed by atoms with Gasteiger partial charge in [-0.3, -0.25) is 9.59 Å². The summed E-state index contributed by atoms with van der Waals surface area (Å²) in [5, 5.41) is 11.9. The standard InChI is InChI=1S/C9H17N3O3/c1-11-5-7-6(9(14)15)2-3-12(7)8(13)4-10/h6-7,11H,2-5,10H2,1H3,(H,14,15). The number of nitrogens with zero attached hydrogens (tertiary/aromatic N) is 1. The minimum absolute atomic E-state index is 0.0629. The fourth-order valence-corrected chi connectivity index (χ4v) is 2.03. The van der Waals surface area contributed by atoms with Gasteiger partial charge >= 0.3 is 5.97 Å². The topological polar surface area (TPSA) is 95.7 Å². The number of nitrogens with one attached hydrogen (secondary N) is 1. The van der Waals surface area contributed by atoms with Crippen molar-refractivity contribution in [2.24, 2.45) is 11.7 Å². The van der Waals surface area contributed by atoms with Gasteiger partial charge in [0, 0.05) is 13.1 Å². The summed E-state index contributed by atoms with van der Waals surface area (Å²) in [4.78, 5) is 24.0. The molecule has 86 valence electrons. The molecule has 1 aliphatic rings. The molecule has 1 rings (SSSR count). The maximum absolute atomic E-state index is 11.4. The molecule has 4 N–H and O–H groups in total. The zero-order chi connectivity index (χ0) is 11.4. The fraction of sp³-hybridized carbons (Fsp3) is 0.778. The number of carboxylic acids is 1. The Kier molecular flexibility index (Phi) is 4.05. The zero-order valence-electron chi connectivity index (χ0n) is 8.77. The summed E-state index contributed by atoms with van der Waals surface area (Å²) in [5.74, 6) is -1.51. The van der Waals surface area contributed by atoms with Gasteiger partial charge in [-0.05, 0) is 13.5 Å². The molecule has 1 fully saturated rings. The second kappa shape index (κ2) is 5.09. The summed E-state index contributed by atoms with van der Waals surface area (Å²) in [6.07, 6.45) is 0.507. The van der Waals surface area contributed by atoms with Gasteiger partial charge < -0.3 is 21.1 Å². The molecule has 0 bridgehead atoms. The number of aliphatic carboxylic acids is 1. The van der Waals surface area contributed by atoms with Crippen LogP contribution in [0.4, 0.5) is 0 Å². The van der Waals surface area contributed by atoms with E-state index in [9.17, 15) is 9.59 Å². The van der Waals surface area contributed by atoms with Gasteiger partial charge in [-0.15, -0.1) is 0 Å². The summed E-state index contributed by atoms with van der Waals surface area (Å²) in [5.41, 5.74) is 5.27. The predicted molar refractivity (Wildman–Crippen MR) is 54.2 cm³/mol. The van der Waals surface area contributed by atoms with Crippen LogP contribution < -0.4 is 11.1 Å². The zero-order valence-corrected chi connectivity index (χ0v) is 8.77. The second-order valence-electron chi connectivity index (χ2n) is 3.65. The first-order valence-corrected chi connectivity index (χ1v) is 4.98. The molecule has 0 radical (unpaired) electrons. The van der Waals surface area contributed by atoms with Gasteiger partial charge in [-0.2, -0.15) is 0 Å². The van der Waals surface area contributed by atoms with Crippen LogP contribution in [0.3, 0.4) is 0 Å². The molecule has 6 nitrogen and oxygen atoms in total. The van der Waals surface area contributed by atoms with Crippen molar-refractivity contribution in [3.8, 4) is 0 Å². The fourth-order valence-electron chi connectivity index (χ4n) is 2.03. The molecule has 0 aliphatic carbocycles. The third kappa shape index (κ3) is 2.45. The van der Waals surface area contributed by atoms with E-state index in [1.165, 1.54) is 0 Å². The Morgan fingerprint density at radius 1 is 1.60 bits per heavy atom. The first kappa shape index (κ1) is 11.9. The second-order valence-corrected chi connectivity index (χ2v) is 3.65. The van der Waals surface area contributed by atoms with Crippen LogP contribution in [0, 0.1) is 5.92 Å². The molecule has 0 spiro atoms. The van der Waals surface area contributed by atoms with E-state index in [-0.39, 0.29) is 18.5 Å². The van der Waals surface area contributed by atoms with Crippen LogP contribution in [-0.4, -0.2) is 54.6 Å². The Balaban J connectivity index is 2.74. The third-order valence-corrected chi connectivity index (χ3v) is 2.77. The minimum Gasteiger partial charge on any atom is -0.481 e. The molecule has 0 aromatic heterocycles. The molecule has 1 saturated heterocycles. The maximum Gasteiger partial charge on any atom is 0.308 e. The Bertz CT molecular complexity index is 257. The van der Waals surface area contributed by atoms with Crippen molar-refractivity contribution >= 4 is 11.9 Å². The first-order chi connectivity index (χ1) is 7.11. The number of likely N-dealkylation sites (N-methyl/N-ethyl adjacent to an activating group) is 1. The van der Waals surface area contributed by atoms with E-state index >= 15 is 0 Å². The monoisotopic (exact) mass is 215 g/mol. The SMILES string of the molecule is CNCC1C(C(=O)O)CCN1C(=O)CN. The van der Waals surface area contributed by atoms with Gasteiger partial charge in [0.15, 0.2) is 0 Å². The summed E-state index contributed by atoms with van der Waals surface area (Å²) in [6.45, 7) is 0.911. The number of hydrogen-bond donors (Lipinski definition) is 3. The van der Waals surface area contributed by atoms with E-state index in [0.29, 0.717) is 19.5 Å². The highest BCUT2D eigenvalue weighted by Crippen LogP contribution is 2.24. The summed E-state index contributed by atoms with van der Waals surface area (Å²) in [7, 11) is 1.74. The lowest BCUT2D eigenvalue weighted by atomic mass is 10.0. The number of carbonyl (C=O) groups is 2. The van der Waals surface area contributed by atoms with Crippen LogP contribution in [0.5, 0.6) is 0 Å². The Morgan fingerprint density at radius 3 is 2.73 bits per heavy atom. The van der Waals surface area contributed by atoms with Crippen molar-refractivity contribution in [1.29, 1.82) is 0 Å². The van der Waals surface area contributed by atoms with E-state index in [0.717, 1.165) is 0 Å². The number of amides is 1. The maximum atomic E-state index is 11.4. The largest absolute Gasteiger partial charge is 0.481 e. The normalized spacial score (nSPS) is 25.6. The van der Waals surface area contributed by atoms with Crippen molar-refractivity contribution in [1.82, 2.24) is 10.2 Å². The number of carboxylic acid groups (broad SMARTS) is 1. The van der Waals surface area contributed by atoms with E-state index in [1.54, 1.807) is 11.9 Å². The molecule has 2 unspecified atom stereocenters. The van der Waals surface area contributed by atoms with Crippen LogP contribution >= 0.6 is 0 Å². The Hall–Kier alpha value is -1.14. The molecule has 1 aliphatic heterocycles. The smallest absolute Gasteiger partial charge is 0.308 e. The number of likely N-dealkylation sites (tertiary alicyclic amines) is 1. The lowest BCUT2D eigenvalue weighted by Crippen LogP contribution is -2.47. The van der Waals surface area contributed by atoms with Gasteiger partial charge in [0.1, 0.15) is 0 Å². The molecule has 6 heteroatoms. The number of nitrogens with two attached hydrogens (primary N) is 1. The van der Waals surface area contributed by atoms with Gasteiger partial charge in [-0.1, -0.05) is 0 Å². The molecule has 0 saturated carbocycles. The first-order valence-electron chi connectivity index (χ1n) is 4.98. The van der Waals surface area contributed by atoms with Crippen LogP contribution in [0.25, 0.3) is 0 Å². The highest BCUT2D eigenvalue weighted by atomic mass is 16.4. The van der Waals surface area contributed by atoms with Crippen LogP contribution in [0.2, 0.25) is 0 Å². The predicted octanol–water partition coefficient (Wildman–Crippen LogP) is -1.53. The van der Waals surface area contributed by atoms with Crippen molar-refractivity contribution in [2.45, 2.75) is 12.5 Å². The number of rotatable bonds is 4. The highest BCUT2D eigenvalue weighted by molar-refractivity contribution is 5.81. The van der Waals surface area contributed by atoms with Gasteiger partial charge in [0.2, 0.25) is 5.91 Å².